The summed E-state index contributed by atoms with van der Waals surface area (Å²) < 4.78 is 0. The Bertz CT molecular complexity index is 680. The smallest absolute Gasteiger partial charge is 0.232 e. The van der Waals surface area contributed by atoms with Gasteiger partial charge >= 0.3 is 0 Å². The molecule has 0 atom stereocenters. The van der Waals surface area contributed by atoms with E-state index in [9.17, 15) is 4.79 Å². The molecule has 0 spiro atoms. The molecule has 1 amide bonds. The number of benzene rings is 1. The number of hydrogen-bond donors (Lipinski definition) is 2. The summed E-state index contributed by atoms with van der Waals surface area (Å²) in [5, 5.41) is 3.09. The van der Waals surface area contributed by atoms with Crippen molar-refractivity contribution in [3.8, 4) is 0 Å². The molecule has 2 rings (SSSR count). The SMILES string of the molecule is CC(C)N(C)C(=O)CSCc1nc(N)nc(Nc2ccccc2)n1. The van der Waals surface area contributed by atoms with Crippen LogP contribution in [0.15, 0.2) is 30.3 Å². The molecular formula is C16H22N6OS. The molecule has 8 heteroatoms. The molecule has 3 N–H and O–H groups in total. The summed E-state index contributed by atoms with van der Waals surface area (Å²) in [6.07, 6.45) is 0. The molecule has 0 unspecified atom stereocenters. The molecule has 1 aromatic heterocycles. The van der Waals surface area contributed by atoms with Gasteiger partial charge in [0.1, 0.15) is 5.82 Å². The van der Waals surface area contributed by atoms with Gasteiger partial charge in [0.2, 0.25) is 17.8 Å². The van der Waals surface area contributed by atoms with Crippen molar-refractivity contribution in [2.45, 2.75) is 25.6 Å². The molecule has 0 aliphatic heterocycles. The van der Waals surface area contributed by atoms with Gasteiger partial charge in [-0.1, -0.05) is 18.2 Å². The van der Waals surface area contributed by atoms with E-state index in [4.69, 9.17) is 5.73 Å². The second-order valence-electron chi connectivity index (χ2n) is 5.52. The van der Waals surface area contributed by atoms with E-state index in [1.54, 1.807) is 11.9 Å². The summed E-state index contributed by atoms with van der Waals surface area (Å²) in [5.41, 5.74) is 6.62. The number of nitrogens with one attached hydrogen (secondary N) is 1. The normalized spacial score (nSPS) is 10.7. The highest BCUT2D eigenvalue weighted by molar-refractivity contribution is 7.99. The highest BCUT2D eigenvalue weighted by Crippen LogP contribution is 2.15. The molecule has 0 saturated carbocycles. The average Bonchev–Trinajstić information content (AvgIpc) is 2.54. The fourth-order valence-corrected chi connectivity index (χ4v) is 2.62. The van der Waals surface area contributed by atoms with Gasteiger partial charge in [-0.2, -0.15) is 15.0 Å². The molecular weight excluding hydrogens is 324 g/mol. The number of thioether (sulfide) groups is 1. The first-order valence-electron chi connectivity index (χ1n) is 7.61. The molecule has 7 nitrogen and oxygen atoms in total. The number of aromatic nitrogens is 3. The number of hydrogen-bond acceptors (Lipinski definition) is 7. The third kappa shape index (κ3) is 5.38. The van der Waals surface area contributed by atoms with Crippen molar-refractivity contribution in [3.05, 3.63) is 36.2 Å². The fourth-order valence-electron chi connectivity index (χ4n) is 1.83. The zero-order valence-corrected chi connectivity index (χ0v) is 14.9. The molecule has 0 aliphatic carbocycles. The third-order valence-corrected chi connectivity index (χ3v) is 4.27. The van der Waals surface area contributed by atoms with Gasteiger partial charge < -0.3 is 16.0 Å². The van der Waals surface area contributed by atoms with E-state index in [1.807, 2.05) is 44.2 Å². The minimum atomic E-state index is 0.0830. The molecule has 0 aliphatic rings. The minimum Gasteiger partial charge on any atom is -0.368 e. The maximum absolute atomic E-state index is 12.0. The zero-order valence-electron chi connectivity index (χ0n) is 14.1. The van der Waals surface area contributed by atoms with Gasteiger partial charge in [-0.3, -0.25) is 4.79 Å². The van der Waals surface area contributed by atoms with Gasteiger partial charge in [-0.25, -0.2) is 0 Å². The summed E-state index contributed by atoms with van der Waals surface area (Å²) in [4.78, 5) is 26.2. The highest BCUT2D eigenvalue weighted by Gasteiger charge is 2.12. The average molecular weight is 346 g/mol. The number of amides is 1. The second kappa shape index (κ2) is 8.49. The topological polar surface area (TPSA) is 97.0 Å². The van der Waals surface area contributed by atoms with Crippen molar-refractivity contribution in [2.75, 3.05) is 23.9 Å². The molecule has 1 aromatic carbocycles. The van der Waals surface area contributed by atoms with Crippen molar-refractivity contribution in [3.63, 3.8) is 0 Å². The Morgan fingerprint density at radius 3 is 2.62 bits per heavy atom. The first kappa shape index (κ1) is 18.0. The summed E-state index contributed by atoms with van der Waals surface area (Å²) in [7, 11) is 1.80. The van der Waals surface area contributed by atoms with Gasteiger partial charge in [-0.05, 0) is 26.0 Å². The van der Waals surface area contributed by atoms with E-state index < -0.39 is 0 Å². The lowest BCUT2D eigenvalue weighted by Crippen LogP contribution is -2.34. The number of carbonyl (C=O) groups excluding carboxylic acids is 1. The molecule has 1 heterocycles. The van der Waals surface area contributed by atoms with Crippen LogP contribution in [0.2, 0.25) is 0 Å². The monoisotopic (exact) mass is 346 g/mol. The predicted molar refractivity (Wildman–Crippen MR) is 98.0 cm³/mol. The lowest BCUT2D eigenvalue weighted by Gasteiger charge is -2.21. The number of nitrogens with two attached hydrogens (primary N) is 1. The number of nitrogens with zero attached hydrogens (tertiary/aromatic N) is 4. The quantitative estimate of drug-likeness (QED) is 0.794. The van der Waals surface area contributed by atoms with E-state index in [2.05, 4.69) is 20.3 Å². The lowest BCUT2D eigenvalue weighted by atomic mass is 10.3. The van der Waals surface area contributed by atoms with Crippen molar-refractivity contribution in [1.82, 2.24) is 19.9 Å². The van der Waals surface area contributed by atoms with Crippen LogP contribution in [-0.2, 0) is 10.5 Å². The standard InChI is InChI=1S/C16H22N6OS/c1-11(2)22(3)14(23)10-24-9-13-19-15(17)21-16(20-13)18-12-7-5-4-6-8-12/h4-8,11H,9-10H2,1-3H3,(H3,17,18,19,20,21). The first-order chi connectivity index (χ1) is 11.5. The maximum atomic E-state index is 12.0. The molecule has 24 heavy (non-hydrogen) atoms. The van der Waals surface area contributed by atoms with Gasteiger partial charge in [0.15, 0.2) is 0 Å². The summed E-state index contributed by atoms with van der Waals surface area (Å²) in [6.45, 7) is 3.97. The van der Waals surface area contributed by atoms with Gasteiger partial charge in [0.25, 0.3) is 0 Å². The molecule has 0 radical (unpaired) electrons. The van der Waals surface area contributed by atoms with Crippen molar-refractivity contribution in [1.29, 1.82) is 0 Å². The van der Waals surface area contributed by atoms with E-state index in [1.165, 1.54) is 11.8 Å². The van der Waals surface area contributed by atoms with Crippen molar-refractivity contribution in [2.24, 2.45) is 0 Å². The van der Waals surface area contributed by atoms with Gasteiger partial charge in [0.05, 0.1) is 11.5 Å². The molecule has 2 aromatic rings. The van der Waals surface area contributed by atoms with Crippen LogP contribution in [0.4, 0.5) is 17.6 Å². The number of rotatable bonds is 7. The largest absolute Gasteiger partial charge is 0.368 e. The maximum Gasteiger partial charge on any atom is 0.232 e. The van der Waals surface area contributed by atoms with Crippen LogP contribution in [-0.4, -0.2) is 44.6 Å². The zero-order chi connectivity index (χ0) is 17.5. The van der Waals surface area contributed by atoms with Crippen molar-refractivity contribution >= 4 is 35.3 Å². The summed E-state index contributed by atoms with van der Waals surface area (Å²) >= 11 is 1.46. The van der Waals surface area contributed by atoms with E-state index >= 15 is 0 Å². The van der Waals surface area contributed by atoms with Crippen LogP contribution < -0.4 is 11.1 Å². The number of anilines is 3. The molecule has 0 saturated heterocycles. The van der Waals surface area contributed by atoms with Crippen LogP contribution in [0, 0.1) is 0 Å². The Morgan fingerprint density at radius 2 is 1.96 bits per heavy atom. The Labute approximate surface area is 146 Å². The van der Waals surface area contributed by atoms with Crippen LogP contribution >= 0.6 is 11.8 Å². The molecule has 0 bridgehead atoms. The number of para-hydroxylation sites is 1. The Kier molecular flexibility index (Phi) is 6.36. The lowest BCUT2D eigenvalue weighted by molar-refractivity contribution is -0.128. The number of nitrogen functional groups attached to an aromatic ring is 1. The summed E-state index contributed by atoms with van der Waals surface area (Å²) in [5.74, 6) is 2.06. The van der Waals surface area contributed by atoms with Crippen LogP contribution in [0.3, 0.4) is 0 Å². The van der Waals surface area contributed by atoms with Crippen LogP contribution in [0.5, 0.6) is 0 Å². The van der Waals surface area contributed by atoms with Crippen LogP contribution in [0.25, 0.3) is 0 Å². The van der Waals surface area contributed by atoms with Crippen LogP contribution in [0.1, 0.15) is 19.7 Å². The Morgan fingerprint density at radius 1 is 1.25 bits per heavy atom. The Hall–Kier alpha value is -2.35. The second-order valence-corrected chi connectivity index (χ2v) is 6.50. The van der Waals surface area contributed by atoms with E-state index in [-0.39, 0.29) is 17.9 Å². The number of carbonyl (C=O) groups is 1. The fraction of sp³-hybridized carbons (Fsp3) is 0.375. The molecule has 128 valence electrons. The van der Waals surface area contributed by atoms with Crippen molar-refractivity contribution < 1.29 is 4.79 Å². The van der Waals surface area contributed by atoms with Gasteiger partial charge in [0, 0.05) is 18.8 Å². The summed E-state index contributed by atoms with van der Waals surface area (Å²) in [6, 6.07) is 9.78. The first-order valence-corrected chi connectivity index (χ1v) is 8.77. The minimum absolute atomic E-state index is 0.0830. The van der Waals surface area contributed by atoms with E-state index in [0.29, 0.717) is 23.3 Å². The van der Waals surface area contributed by atoms with Gasteiger partial charge in [-0.15, -0.1) is 11.8 Å². The predicted octanol–water partition coefficient (Wildman–Crippen LogP) is 2.30. The third-order valence-electron chi connectivity index (χ3n) is 3.35. The molecule has 0 fully saturated rings. The Balaban J connectivity index is 1.95. The highest BCUT2D eigenvalue weighted by atomic mass is 32.2. The van der Waals surface area contributed by atoms with E-state index in [0.717, 1.165) is 5.69 Å².